The fraction of sp³-hybridized carbons (Fsp3) is 0.368. The van der Waals surface area contributed by atoms with Gasteiger partial charge in [0, 0.05) is 19.2 Å². The van der Waals surface area contributed by atoms with Crippen molar-refractivity contribution in [3.05, 3.63) is 53.6 Å². The zero-order valence-electron chi connectivity index (χ0n) is 15.6. The molecule has 142 valence electrons. The van der Waals surface area contributed by atoms with E-state index in [4.69, 9.17) is 13.9 Å². The zero-order valence-corrected chi connectivity index (χ0v) is 15.6. The van der Waals surface area contributed by atoms with Gasteiger partial charge in [0.1, 0.15) is 5.82 Å². The van der Waals surface area contributed by atoms with E-state index in [9.17, 15) is 4.79 Å². The molecule has 0 N–H and O–H groups in total. The molecule has 0 aromatic carbocycles. The fourth-order valence-electron chi connectivity index (χ4n) is 2.60. The summed E-state index contributed by atoms with van der Waals surface area (Å²) < 4.78 is 16.3. The van der Waals surface area contributed by atoms with Crippen molar-refractivity contribution in [2.75, 3.05) is 18.6 Å². The van der Waals surface area contributed by atoms with Crippen LogP contribution in [-0.2, 0) is 17.8 Å². The molecule has 1 aliphatic rings. The minimum Gasteiger partial charge on any atom is -0.489 e. The van der Waals surface area contributed by atoms with Gasteiger partial charge in [0.2, 0.25) is 11.7 Å². The maximum atomic E-state index is 12.8. The fourth-order valence-corrected chi connectivity index (χ4v) is 2.60. The van der Waals surface area contributed by atoms with Crippen LogP contribution in [0, 0.1) is 0 Å². The molecule has 8 nitrogen and oxygen atoms in total. The van der Waals surface area contributed by atoms with E-state index in [2.05, 4.69) is 21.9 Å². The monoisotopic (exact) mass is 370 g/mol. The number of rotatable bonds is 7. The van der Waals surface area contributed by atoms with Gasteiger partial charge in [-0.15, -0.1) is 0 Å². The van der Waals surface area contributed by atoms with Crippen LogP contribution >= 0.6 is 0 Å². The van der Waals surface area contributed by atoms with Crippen molar-refractivity contribution >= 4 is 11.7 Å². The SMILES string of the molecule is CC/C=C\C=C(/C)OCc1nc2c(o1)C(=O)N(c1ccnc(OC)n1)CC2. The molecule has 3 rings (SSSR count). The Bertz CT molecular complexity index is 872. The average Bonchev–Trinajstić information content (AvgIpc) is 3.11. The Morgan fingerprint density at radius 2 is 2.26 bits per heavy atom. The normalized spacial score (nSPS) is 14.6. The predicted molar refractivity (Wildman–Crippen MR) is 98.4 cm³/mol. The summed E-state index contributed by atoms with van der Waals surface area (Å²) >= 11 is 0. The molecular weight excluding hydrogens is 348 g/mol. The van der Waals surface area contributed by atoms with Crippen molar-refractivity contribution < 1.29 is 18.7 Å². The quantitative estimate of drug-likeness (QED) is 0.546. The number of allylic oxidation sites excluding steroid dienone is 4. The largest absolute Gasteiger partial charge is 0.489 e. The van der Waals surface area contributed by atoms with E-state index in [0.29, 0.717) is 30.4 Å². The van der Waals surface area contributed by atoms with Gasteiger partial charge in [-0.1, -0.05) is 19.1 Å². The van der Waals surface area contributed by atoms with Crippen LogP contribution in [0.4, 0.5) is 5.82 Å². The number of methoxy groups -OCH3 is 1. The molecule has 0 fully saturated rings. The van der Waals surface area contributed by atoms with Gasteiger partial charge in [-0.25, -0.2) is 9.97 Å². The van der Waals surface area contributed by atoms with E-state index in [-0.39, 0.29) is 24.3 Å². The summed E-state index contributed by atoms with van der Waals surface area (Å²) in [6, 6.07) is 1.86. The summed E-state index contributed by atoms with van der Waals surface area (Å²) in [4.78, 5) is 26.9. The minimum atomic E-state index is -0.283. The third kappa shape index (κ3) is 4.33. The Hall–Kier alpha value is -3.16. The lowest BCUT2D eigenvalue weighted by molar-refractivity contribution is 0.0944. The van der Waals surface area contributed by atoms with Crippen molar-refractivity contribution in [2.24, 2.45) is 0 Å². The molecule has 3 heterocycles. The molecule has 0 unspecified atom stereocenters. The van der Waals surface area contributed by atoms with E-state index in [0.717, 1.165) is 12.2 Å². The number of fused-ring (bicyclic) bond motifs is 1. The lowest BCUT2D eigenvalue weighted by Gasteiger charge is -2.24. The van der Waals surface area contributed by atoms with Crippen LogP contribution in [0.15, 0.2) is 40.7 Å². The Balaban J connectivity index is 1.71. The molecule has 0 saturated heterocycles. The second-order valence-corrected chi connectivity index (χ2v) is 5.89. The highest BCUT2D eigenvalue weighted by atomic mass is 16.5. The third-order valence-corrected chi connectivity index (χ3v) is 3.96. The van der Waals surface area contributed by atoms with Gasteiger partial charge < -0.3 is 13.9 Å². The third-order valence-electron chi connectivity index (χ3n) is 3.96. The Morgan fingerprint density at radius 1 is 1.41 bits per heavy atom. The zero-order chi connectivity index (χ0) is 19.2. The average molecular weight is 370 g/mol. The minimum absolute atomic E-state index is 0.171. The maximum Gasteiger partial charge on any atom is 0.318 e. The van der Waals surface area contributed by atoms with Crippen molar-refractivity contribution in [2.45, 2.75) is 33.3 Å². The summed E-state index contributed by atoms with van der Waals surface area (Å²) in [6.07, 6.45) is 8.94. The van der Waals surface area contributed by atoms with E-state index >= 15 is 0 Å². The second kappa shape index (κ2) is 8.48. The van der Waals surface area contributed by atoms with Crippen LogP contribution in [0.25, 0.3) is 0 Å². The first-order chi connectivity index (χ1) is 13.1. The molecule has 8 heteroatoms. The standard InChI is InChI=1S/C19H22N4O4/c1-4-5-6-7-13(2)26-12-16-21-14-9-11-23(18(24)17(14)27-16)15-8-10-20-19(22-15)25-3/h5-8,10H,4,9,11-12H2,1-3H3/b6-5-,13-7+. The van der Waals surface area contributed by atoms with E-state index in [1.54, 1.807) is 12.3 Å². The number of nitrogens with zero attached hydrogens (tertiary/aromatic N) is 4. The molecule has 0 atom stereocenters. The highest BCUT2D eigenvalue weighted by molar-refractivity contribution is 6.05. The van der Waals surface area contributed by atoms with E-state index in [1.165, 1.54) is 12.0 Å². The topological polar surface area (TPSA) is 90.6 Å². The van der Waals surface area contributed by atoms with Gasteiger partial charge in [0.05, 0.1) is 18.6 Å². The molecule has 2 aromatic heterocycles. The van der Waals surface area contributed by atoms with Crippen LogP contribution in [0.3, 0.4) is 0 Å². The molecule has 0 aliphatic carbocycles. The van der Waals surface area contributed by atoms with Crippen molar-refractivity contribution in [3.8, 4) is 6.01 Å². The van der Waals surface area contributed by atoms with Crippen molar-refractivity contribution in [3.63, 3.8) is 0 Å². The number of carbonyl (C=O) groups is 1. The smallest absolute Gasteiger partial charge is 0.318 e. The van der Waals surface area contributed by atoms with Gasteiger partial charge in [-0.3, -0.25) is 9.69 Å². The first-order valence-corrected chi connectivity index (χ1v) is 8.76. The van der Waals surface area contributed by atoms with Gasteiger partial charge in [-0.05, 0) is 25.5 Å². The summed E-state index contributed by atoms with van der Waals surface area (Å²) in [5, 5.41) is 0. The van der Waals surface area contributed by atoms with E-state index < -0.39 is 0 Å². The number of oxazole rings is 1. The van der Waals surface area contributed by atoms with Crippen LogP contribution in [-0.4, -0.2) is 34.5 Å². The molecule has 0 bridgehead atoms. The lowest BCUT2D eigenvalue weighted by atomic mass is 10.1. The first kappa shape index (κ1) is 18.6. The Morgan fingerprint density at radius 3 is 3.04 bits per heavy atom. The van der Waals surface area contributed by atoms with Crippen LogP contribution in [0.1, 0.15) is 42.4 Å². The molecule has 0 saturated carbocycles. The predicted octanol–water partition coefficient (Wildman–Crippen LogP) is 3.06. The number of ether oxygens (including phenoxy) is 2. The molecule has 0 radical (unpaired) electrons. The summed E-state index contributed by atoms with van der Waals surface area (Å²) in [5.74, 6) is 1.53. The molecule has 27 heavy (non-hydrogen) atoms. The number of aromatic nitrogens is 3. The van der Waals surface area contributed by atoms with E-state index in [1.807, 2.05) is 25.2 Å². The molecule has 0 spiro atoms. The maximum absolute atomic E-state index is 12.8. The highest BCUT2D eigenvalue weighted by Crippen LogP contribution is 2.25. The van der Waals surface area contributed by atoms with Gasteiger partial charge in [0.25, 0.3) is 5.91 Å². The van der Waals surface area contributed by atoms with Crippen molar-refractivity contribution in [1.29, 1.82) is 0 Å². The van der Waals surface area contributed by atoms with Gasteiger partial charge in [0.15, 0.2) is 6.61 Å². The molecule has 1 amide bonds. The van der Waals surface area contributed by atoms with Gasteiger partial charge in [-0.2, -0.15) is 4.98 Å². The van der Waals surface area contributed by atoms with Crippen molar-refractivity contribution in [1.82, 2.24) is 15.0 Å². The molecule has 2 aromatic rings. The number of hydrogen-bond donors (Lipinski definition) is 0. The summed E-state index contributed by atoms with van der Waals surface area (Å²) in [5.41, 5.74) is 0.642. The number of anilines is 1. The van der Waals surface area contributed by atoms with Gasteiger partial charge >= 0.3 is 6.01 Å². The number of hydrogen-bond acceptors (Lipinski definition) is 7. The molecular formula is C19H22N4O4. The molecule has 1 aliphatic heterocycles. The van der Waals surface area contributed by atoms with Crippen LogP contribution in [0.2, 0.25) is 0 Å². The number of carbonyl (C=O) groups excluding carboxylic acids is 1. The lowest BCUT2D eigenvalue weighted by Crippen LogP contribution is -2.37. The summed E-state index contributed by atoms with van der Waals surface area (Å²) in [7, 11) is 1.48. The summed E-state index contributed by atoms with van der Waals surface area (Å²) in [6.45, 7) is 4.55. The second-order valence-electron chi connectivity index (χ2n) is 5.89. The Labute approximate surface area is 157 Å². The van der Waals surface area contributed by atoms with Crippen LogP contribution < -0.4 is 9.64 Å². The first-order valence-electron chi connectivity index (χ1n) is 8.76. The Kier molecular flexibility index (Phi) is 5.85. The van der Waals surface area contributed by atoms with Crippen LogP contribution in [0.5, 0.6) is 6.01 Å². The number of amides is 1. The highest BCUT2D eigenvalue weighted by Gasteiger charge is 2.32.